The summed E-state index contributed by atoms with van der Waals surface area (Å²) in [5, 5.41) is 3.16. The van der Waals surface area contributed by atoms with E-state index in [1.807, 2.05) is 36.4 Å². The fourth-order valence-corrected chi connectivity index (χ4v) is 2.30. The second-order valence-corrected chi connectivity index (χ2v) is 5.35. The van der Waals surface area contributed by atoms with Crippen LogP contribution < -0.4 is 5.32 Å². The van der Waals surface area contributed by atoms with Gasteiger partial charge in [-0.3, -0.25) is 4.79 Å². The molecule has 2 aromatic rings. The van der Waals surface area contributed by atoms with Crippen molar-refractivity contribution in [3.63, 3.8) is 0 Å². The Balaban J connectivity index is 2.08. The van der Waals surface area contributed by atoms with E-state index in [0.29, 0.717) is 10.7 Å². The lowest BCUT2D eigenvalue weighted by Crippen LogP contribution is -2.08. The molecular formula is C15H9ClINO. The van der Waals surface area contributed by atoms with Crippen molar-refractivity contribution in [3.05, 3.63) is 62.7 Å². The molecule has 0 radical (unpaired) electrons. The van der Waals surface area contributed by atoms with Crippen LogP contribution in [0.5, 0.6) is 0 Å². The first-order valence-electron chi connectivity index (χ1n) is 5.48. The van der Waals surface area contributed by atoms with Crippen LogP contribution in [-0.4, -0.2) is 5.91 Å². The fraction of sp³-hybridized carbons (Fsp3) is 0. The first-order chi connectivity index (χ1) is 9.15. The maximum absolute atomic E-state index is 11.7. The van der Waals surface area contributed by atoms with Gasteiger partial charge in [-0.15, -0.1) is 0 Å². The summed E-state index contributed by atoms with van der Waals surface area (Å²) in [6.07, 6.45) is 0. The molecule has 0 unspecified atom stereocenters. The molecule has 1 amide bonds. The van der Waals surface area contributed by atoms with E-state index in [1.165, 1.54) is 0 Å². The third-order valence-electron chi connectivity index (χ3n) is 2.27. The second kappa shape index (κ2) is 6.60. The zero-order chi connectivity index (χ0) is 13.7. The van der Waals surface area contributed by atoms with E-state index in [-0.39, 0.29) is 5.91 Å². The van der Waals surface area contributed by atoms with Crippen LogP contribution in [0.1, 0.15) is 5.56 Å². The molecule has 0 aliphatic carbocycles. The van der Waals surface area contributed by atoms with Crippen LogP contribution in [0.15, 0.2) is 48.5 Å². The summed E-state index contributed by atoms with van der Waals surface area (Å²) in [6.45, 7) is 0. The maximum Gasteiger partial charge on any atom is 0.300 e. The minimum Gasteiger partial charge on any atom is -0.314 e. The Bertz CT molecular complexity index is 659. The largest absolute Gasteiger partial charge is 0.314 e. The van der Waals surface area contributed by atoms with Gasteiger partial charge in [0.05, 0.1) is 10.7 Å². The lowest BCUT2D eigenvalue weighted by Gasteiger charge is -2.03. The number of nitrogens with one attached hydrogen (secondary N) is 1. The summed E-state index contributed by atoms with van der Waals surface area (Å²) < 4.78 is 1.01. The number of hydrogen-bond acceptors (Lipinski definition) is 1. The number of carbonyl (C=O) groups excluding carboxylic acids is 1. The molecule has 0 aliphatic rings. The maximum atomic E-state index is 11.7. The summed E-state index contributed by atoms with van der Waals surface area (Å²) in [5.74, 6) is 4.94. The van der Waals surface area contributed by atoms with Gasteiger partial charge in [0.25, 0.3) is 0 Å². The van der Waals surface area contributed by atoms with Crippen molar-refractivity contribution in [3.8, 4) is 11.8 Å². The van der Waals surface area contributed by atoms with Crippen molar-refractivity contribution < 1.29 is 4.79 Å². The van der Waals surface area contributed by atoms with Crippen molar-refractivity contribution >= 4 is 45.8 Å². The van der Waals surface area contributed by atoms with Gasteiger partial charge < -0.3 is 5.32 Å². The molecular weight excluding hydrogens is 373 g/mol. The number of rotatable bonds is 1. The minimum absolute atomic E-state index is 0.382. The normalized spacial score (nSPS) is 9.37. The van der Waals surface area contributed by atoms with E-state index in [2.05, 4.69) is 39.7 Å². The molecule has 1 N–H and O–H groups in total. The van der Waals surface area contributed by atoms with E-state index in [0.717, 1.165) is 9.13 Å². The Morgan fingerprint density at radius 2 is 1.89 bits per heavy atom. The van der Waals surface area contributed by atoms with Gasteiger partial charge in [-0.05, 0) is 52.9 Å². The Morgan fingerprint density at radius 3 is 2.58 bits per heavy atom. The second-order valence-electron chi connectivity index (χ2n) is 3.69. The van der Waals surface area contributed by atoms with Crippen molar-refractivity contribution in [2.75, 3.05) is 5.32 Å². The van der Waals surface area contributed by atoms with Crippen LogP contribution >= 0.6 is 34.2 Å². The average molecular weight is 382 g/mol. The topological polar surface area (TPSA) is 29.1 Å². The number of hydrogen-bond donors (Lipinski definition) is 1. The van der Waals surface area contributed by atoms with Crippen LogP contribution in [0.3, 0.4) is 0 Å². The Morgan fingerprint density at radius 1 is 1.16 bits per heavy atom. The molecule has 0 saturated heterocycles. The van der Waals surface area contributed by atoms with Gasteiger partial charge in [0, 0.05) is 15.1 Å². The number of halogens is 2. The molecule has 19 heavy (non-hydrogen) atoms. The molecule has 0 heterocycles. The lowest BCUT2D eigenvalue weighted by atomic mass is 10.2. The standard InChI is InChI=1S/C15H9ClINO/c16-13-10-12(17)7-8-14(13)18-15(19)9-6-11-4-2-1-3-5-11/h1-5,7-8,10H,(H,18,19). The summed E-state index contributed by atoms with van der Waals surface area (Å²) in [6, 6.07) is 14.7. The van der Waals surface area contributed by atoms with Crippen LogP contribution in [0.4, 0.5) is 5.69 Å². The highest BCUT2D eigenvalue weighted by atomic mass is 127. The lowest BCUT2D eigenvalue weighted by molar-refractivity contribution is -0.111. The fourth-order valence-electron chi connectivity index (χ4n) is 1.39. The van der Waals surface area contributed by atoms with Crippen molar-refractivity contribution in [2.24, 2.45) is 0 Å². The van der Waals surface area contributed by atoms with Crippen LogP contribution in [0, 0.1) is 15.4 Å². The average Bonchev–Trinajstić information content (AvgIpc) is 2.41. The summed E-state index contributed by atoms with van der Waals surface area (Å²) in [5.41, 5.74) is 1.36. The molecule has 2 nitrogen and oxygen atoms in total. The molecule has 0 aromatic heterocycles. The van der Waals surface area contributed by atoms with Gasteiger partial charge in [0.1, 0.15) is 0 Å². The SMILES string of the molecule is O=C(C#Cc1ccccc1)Nc1ccc(I)cc1Cl. The molecule has 0 fully saturated rings. The smallest absolute Gasteiger partial charge is 0.300 e. The van der Waals surface area contributed by atoms with Gasteiger partial charge in [0.2, 0.25) is 0 Å². The van der Waals surface area contributed by atoms with Gasteiger partial charge in [-0.1, -0.05) is 35.7 Å². The Kier molecular flexibility index (Phi) is 4.83. The number of amides is 1. The quantitative estimate of drug-likeness (QED) is 0.588. The number of benzene rings is 2. The molecule has 2 rings (SSSR count). The zero-order valence-corrected chi connectivity index (χ0v) is 12.7. The van der Waals surface area contributed by atoms with Crippen LogP contribution in [0.25, 0.3) is 0 Å². The number of carbonyl (C=O) groups is 1. The van der Waals surface area contributed by atoms with Gasteiger partial charge in [-0.2, -0.15) is 0 Å². The highest BCUT2D eigenvalue weighted by Gasteiger charge is 2.03. The van der Waals surface area contributed by atoms with E-state index >= 15 is 0 Å². The van der Waals surface area contributed by atoms with Crippen molar-refractivity contribution in [1.29, 1.82) is 0 Å². The molecule has 0 saturated carbocycles. The van der Waals surface area contributed by atoms with E-state index in [1.54, 1.807) is 12.1 Å². The third-order valence-corrected chi connectivity index (χ3v) is 3.26. The number of anilines is 1. The van der Waals surface area contributed by atoms with Crippen molar-refractivity contribution in [1.82, 2.24) is 0 Å². The van der Waals surface area contributed by atoms with Gasteiger partial charge in [0.15, 0.2) is 0 Å². The third kappa shape index (κ3) is 4.27. The van der Waals surface area contributed by atoms with E-state index in [4.69, 9.17) is 11.6 Å². The Hall–Kier alpha value is -1.51. The van der Waals surface area contributed by atoms with E-state index < -0.39 is 0 Å². The first kappa shape index (κ1) is 13.9. The molecule has 0 atom stereocenters. The molecule has 0 spiro atoms. The van der Waals surface area contributed by atoms with Crippen LogP contribution in [0.2, 0.25) is 5.02 Å². The van der Waals surface area contributed by atoms with Crippen LogP contribution in [-0.2, 0) is 4.79 Å². The molecule has 0 aliphatic heterocycles. The molecule has 2 aromatic carbocycles. The minimum atomic E-state index is -0.382. The molecule has 94 valence electrons. The summed E-state index contributed by atoms with van der Waals surface area (Å²) >= 11 is 8.18. The van der Waals surface area contributed by atoms with Gasteiger partial charge >= 0.3 is 5.91 Å². The predicted octanol–water partition coefficient (Wildman–Crippen LogP) is 3.93. The monoisotopic (exact) mass is 381 g/mol. The zero-order valence-electron chi connectivity index (χ0n) is 9.78. The summed E-state index contributed by atoms with van der Waals surface area (Å²) in [4.78, 5) is 11.7. The van der Waals surface area contributed by atoms with Crippen molar-refractivity contribution in [2.45, 2.75) is 0 Å². The van der Waals surface area contributed by atoms with E-state index in [9.17, 15) is 4.79 Å². The Labute approximate surface area is 130 Å². The first-order valence-corrected chi connectivity index (χ1v) is 6.94. The molecule has 0 bridgehead atoms. The van der Waals surface area contributed by atoms with Gasteiger partial charge in [-0.25, -0.2) is 0 Å². The summed E-state index contributed by atoms with van der Waals surface area (Å²) in [7, 11) is 0. The predicted molar refractivity (Wildman–Crippen MR) is 86.1 cm³/mol. The highest BCUT2D eigenvalue weighted by Crippen LogP contribution is 2.23. The molecule has 4 heteroatoms. The highest BCUT2D eigenvalue weighted by molar-refractivity contribution is 14.1.